The molecule has 2 aromatic carbocycles. The van der Waals surface area contributed by atoms with E-state index in [4.69, 9.17) is 9.47 Å². The lowest BCUT2D eigenvalue weighted by molar-refractivity contribution is -0.119. The number of nitriles is 1. The summed E-state index contributed by atoms with van der Waals surface area (Å²) in [5.74, 6) is 0.513. The summed E-state index contributed by atoms with van der Waals surface area (Å²) in [5.41, 5.74) is 1.76. The van der Waals surface area contributed by atoms with Gasteiger partial charge in [-0.15, -0.1) is 10.2 Å². The summed E-state index contributed by atoms with van der Waals surface area (Å²) >= 11 is 0. The fraction of sp³-hybridized carbons (Fsp3) is 0.360. The fourth-order valence-corrected chi connectivity index (χ4v) is 3.95. The fourth-order valence-electron chi connectivity index (χ4n) is 3.95. The molecule has 33 heavy (non-hydrogen) atoms. The first-order chi connectivity index (χ1) is 16.2. The van der Waals surface area contributed by atoms with Crippen LogP contribution in [0.25, 0.3) is 5.69 Å². The Morgan fingerprint density at radius 3 is 2.58 bits per heavy atom. The van der Waals surface area contributed by atoms with Gasteiger partial charge in [0.25, 0.3) is 0 Å². The molecular formula is C25H27N5O3. The molecule has 3 aromatic rings. The van der Waals surface area contributed by atoms with E-state index in [2.05, 4.69) is 21.2 Å². The summed E-state index contributed by atoms with van der Waals surface area (Å²) in [5, 5.41) is 18.7. The largest absolute Gasteiger partial charge is 0.494 e. The molecule has 2 heterocycles. The summed E-state index contributed by atoms with van der Waals surface area (Å²) < 4.78 is 13.0. The third kappa shape index (κ3) is 5.04. The van der Waals surface area contributed by atoms with Crippen LogP contribution in [0.4, 0.5) is 5.95 Å². The molecule has 8 heteroatoms. The molecule has 0 bridgehead atoms. The van der Waals surface area contributed by atoms with E-state index in [1.165, 1.54) is 0 Å². The first kappa shape index (κ1) is 22.5. The number of ketones is 1. The van der Waals surface area contributed by atoms with Gasteiger partial charge in [-0.2, -0.15) is 5.26 Å². The molecule has 0 saturated carbocycles. The second kappa shape index (κ2) is 10.7. The third-order valence-electron chi connectivity index (χ3n) is 5.60. The Morgan fingerprint density at radius 2 is 1.85 bits per heavy atom. The van der Waals surface area contributed by atoms with E-state index in [0.717, 1.165) is 17.0 Å². The summed E-state index contributed by atoms with van der Waals surface area (Å²) in [7, 11) is 0. The van der Waals surface area contributed by atoms with Crippen LogP contribution in [0.2, 0.25) is 0 Å². The van der Waals surface area contributed by atoms with Crippen LogP contribution in [0.3, 0.4) is 0 Å². The van der Waals surface area contributed by atoms with Crippen molar-refractivity contribution in [3.63, 3.8) is 0 Å². The SMILES string of the molecule is CCOc1ccccc1CCC(=O)[C@H](C#N)c1nnc(N2CCOCC2)n1-c1ccccc1. The smallest absolute Gasteiger partial charge is 0.232 e. The first-order valence-electron chi connectivity index (χ1n) is 11.2. The Kier molecular flexibility index (Phi) is 7.33. The van der Waals surface area contributed by atoms with E-state index in [1.54, 1.807) is 0 Å². The minimum Gasteiger partial charge on any atom is -0.494 e. The van der Waals surface area contributed by atoms with Gasteiger partial charge in [-0.25, -0.2) is 0 Å². The van der Waals surface area contributed by atoms with Crippen molar-refractivity contribution < 1.29 is 14.3 Å². The maximum absolute atomic E-state index is 13.2. The highest BCUT2D eigenvalue weighted by atomic mass is 16.5. The number of Topliss-reactive ketones (excluding diaryl/α,β-unsaturated/α-hetero) is 1. The van der Waals surface area contributed by atoms with E-state index in [1.807, 2.05) is 66.1 Å². The van der Waals surface area contributed by atoms with E-state index >= 15 is 0 Å². The average molecular weight is 446 g/mol. The number of para-hydroxylation sites is 2. The van der Waals surface area contributed by atoms with Crippen molar-refractivity contribution in [1.82, 2.24) is 14.8 Å². The molecule has 8 nitrogen and oxygen atoms in total. The lowest BCUT2D eigenvalue weighted by atomic mass is 9.97. The molecule has 0 spiro atoms. The standard InChI is InChI=1S/C25H27N5O3/c1-2-33-23-11-7-6-8-19(23)12-13-22(31)21(18-26)24-27-28-25(29-14-16-32-17-15-29)30(24)20-9-4-3-5-10-20/h3-11,21H,2,12-17H2,1H3/t21-/m0/s1. The van der Waals surface area contributed by atoms with E-state index < -0.39 is 5.92 Å². The van der Waals surface area contributed by atoms with Gasteiger partial charge in [0.1, 0.15) is 5.75 Å². The van der Waals surface area contributed by atoms with Crippen LogP contribution in [0, 0.1) is 11.3 Å². The highest BCUT2D eigenvalue weighted by Gasteiger charge is 2.30. The molecule has 4 rings (SSSR count). The second-order valence-electron chi connectivity index (χ2n) is 7.70. The number of rotatable bonds is 9. The molecule has 0 amide bonds. The van der Waals surface area contributed by atoms with Crippen LogP contribution in [0.15, 0.2) is 54.6 Å². The summed E-state index contributed by atoms with van der Waals surface area (Å²) in [6.07, 6.45) is 0.694. The topological polar surface area (TPSA) is 93.3 Å². The van der Waals surface area contributed by atoms with Gasteiger partial charge in [-0.1, -0.05) is 36.4 Å². The molecular weight excluding hydrogens is 418 g/mol. The van der Waals surface area contributed by atoms with Gasteiger partial charge in [-0.05, 0) is 37.1 Å². The highest BCUT2D eigenvalue weighted by molar-refractivity contribution is 5.88. The Morgan fingerprint density at radius 1 is 1.12 bits per heavy atom. The Balaban J connectivity index is 1.62. The van der Waals surface area contributed by atoms with Crippen molar-refractivity contribution in [2.45, 2.75) is 25.7 Å². The number of hydrogen-bond donors (Lipinski definition) is 0. The number of aryl methyl sites for hydroxylation is 1. The van der Waals surface area contributed by atoms with E-state index in [0.29, 0.717) is 51.1 Å². The van der Waals surface area contributed by atoms with Gasteiger partial charge in [0.05, 0.1) is 31.6 Å². The number of carbonyl (C=O) groups excluding carboxylic acids is 1. The number of carbonyl (C=O) groups is 1. The van der Waals surface area contributed by atoms with E-state index in [9.17, 15) is 10.1 Å². The molecule has 0 N–H and O–H groups in total. The first-order valence-corrected chi connectivity index (χ1v) is 11.2. The zero-order valence-corrected chi connectivity index (χ0v) is 18.7. The van der Waals surface area contributed by atoms with Crippen molar-refractivity contribution in [2.24, 2.45) is 0 Å². The predicted octanol–water partition coefficient (Wildman–Crippen LogP) is 3.31. The Hall–Kier alpha value is -3.70. The molecule has 1 aliphatic heterocycles. The molecule has 1 atom stereocenters. The number of morpholine rings is 1. The molecule has 0 unspecified atom stereocenters. The zero-order chi connectivity index (χ0) is 23.0. The molecule has 1 saturated heterocycles. The quantitative estimate of drug-likeness (QED) is 0.499. The van der Waals surface area contributed by atoms with Gasteiger partial charge in [-0.3, -0.25) is 9.36 Å². The van der Waals surface area contributed by atoms with Crippen LogP contribution < -0.4 is 9.64 Å². The van der Waals surface area contributed by atoms with Gasteiger partial charge in [0.2, 0.25) is 5.95 Å². The highest BCUT2D eigenvalue weighted by Crippen LogP contribution is 2.28. The number of ether oxygens (including phenoxy) is 2. The lowest BCUT2D eigenvalue weighted by Gasteiger charge is -2.28. The van der Waals surface area contributed by atoms with Crippen LogP contribution in [0.5, 0.6) is 5.75 Å². The molecule has 1 fully saturated rings. The second-order valence-corrected chi connectivity index (χ2v) is 7.70. The number of hydrogen-bond acceptors (Lipinski definition) is 7. The van der Waals surface area contributed by atoms with Crippen molar-refractivity contribution >= 4 is 11.7 Å². The number of aromatic nitrogens is 3. The molecule has 1 aromatic heterocycles. The Labute approximate surface area is 193 Å². The average Bonchev–Trinajstić information content (AvgIpc) is 3.30. The molecule has 0 radical (unpaired) electrons. The van der Waals surface area contributed by atoms with Gasteiger partial charge in [0.15, 0.2) is 17.5 Å². The molecule has 170 valence electrons. The monoisotopic (exact) mass is 445 g/mol. The summed E-state index contributed by atoms with van der Waals surface area (Å²) in [6, 6.07) is 19.4. The third-order valence-corrected chi connectivity index (χ3v) is 5.60. The predicted molar refractivity (Wildman–Crippen MR) is 124 cm³/mol. The van der Waals surface area contributed by atoms with Crippen LogP contribution in [-0.4, -0.2) is 53.5 Å². The summed E-state index contributed by atoms with van der Waals surface area (Å²) in [4.78, 5) is 15.3. The van der Waals surface area contributed by atoms with Crippen LogP contribution in [-0.2, 0) is 16.0 Å². The number of benzene rings is 2. The number of nitrogens with zero attached hydrogens (tertiary/aromatic N) is 5. The van der Waals surface area contributed by atoms with Crippen LogP contribution in [0.1, 0.15) is 30.7 Å². The minimum absolute atomic E-state index is 0.193. The normalized spacial score (nSPS) is 14.5. The zero-order valence-electron chi connectivity index (χ0n) is 18.7. The van der Waals surface area contributed by atoms with Crippen molar-refractivity contribution in [3.05, 3.63) is 66.0 Å². The van der Waals surface area contributed by atoms with Crippen molar-refractivity contribution in [3.8, 4) is 17.5 Å². The maximum Gasteiger partial charge on any atom is 0.232 e. The molecule has 1 aliphatic rings. The molecule has 0 aliphatic carbocycles. The van der Waals surface area contributed by atoms with Crippen molar-refractivity contribution in [1.29, 1.82) is 5.26 Å². The Bertz CT molecular complexity index is 1120. The summed E-state index contributed by atoms with van der Waals surface area (Å²) in [6.45, 7) is 5.01. The van der Waals surface area contributed by atoms with E-state index in [-0.39, 0.29) is 12.2 Å². The maximum atomic E-state index is 13.2. The van der Waals surface area contributed by atoms with Gasteiger partial charge < -0.3 is 14.4 Å². The van der Waals surface area contributed by atoms with Gasteiger partial charge in [0, 0.05) is 19.5 Å². The van der Waals surface area contributed by atoms with Gasteiger partial charge >= 0.3 is 0 Å². The van der Waals surface area contributed by atoms with Crippen LogP contribution >= 0.6 is 0 Å². The van der Waals surface area contributed by atoms with Crippen molar-refractivity contribution in [2.75, 3.05) is 37.8 Å². The minimum atomic E-state index is -1.02. The number of anilines is 1. The lowest BCUT2D eigenvalue weighted by Crippen LogP contribution is -2.38.